The van der Waals surface area contributed by atoms with E-state index < -0.39 is 27.5 Å². The van der Waals surface area contributed by atoms with Crippen LogP contribution in [0.15, 0.2) is 89.4 Å². The summed E-state index contributed by atoms with van der Waals surface area (Å²) in [7, 11) is -4.42. The maximum atomic E-state index is 13.1. The van der Waals surface area contributed by atoms with Crippen LogP contribution in [0.5, 0.6) is 11.5 Å². The molecule has 0 spiro atoms. The summed E-state index contributed by atoms with van der Waals surface area (Å²) < 4.78 is 49.3. The zero-order valence-electron chi connectivity index (χ0n) is 23.0. The topological polar surface area (TPSA) is 157 Å². The number of nitrogens with two attached hydrogens (primary N) is 2. The molecule has 10 heteroatoms. The van der Waals surface area contributed by atoms with Crippen molar-refractivity contribution in [3.63, 3.8) is 0 Å². The molecule has 6 atom stereocenters. The van der Waals surface area contributed by atoms with Crippen LogP contribution < -0.4 is 16.2 Å². The normalized spacial score (nSPS) is 27.4. The van der Waals surface area contributed by atoms with E-state index in [2.05, 4.69) is 4.99 Å². The van der Waals surface area contributed by atoms with Crippen LogP contribution in [0.25, 0.3) is 0 Å². The van der Waals surface area contributed by atoms with Crippen molar-refractivity contribution < 1.29 is 27.6 Å². The standard InChI is InChI=1S/C32H35N3O6S/c33-32(34)35-31-22-6-4-20(5-7-22)29-23-15-16-40-30(21-8-10-25(36)11-9-21)24(17-23)18-27(29)28(42(37,38)39)14-3-19-1-12-26(41-31)13-2-19/h1-2,4-13,18,23,27-31,36H,3,14-17H2,(H4,33,34,35)(H,37,38,39)/t23-,27+,28-,29-,30+,31-/m1/s1. The highest BCUT2D eigenvalue weighted by molar-refractivity contribution is 7.86. The van der Waals surface area contributed by atoms with E-state index in [-0.39, 0.29) is 36.1 Å². The van der Waals surface area contributed by atoms with Crippen molar-refractivity contribution in [3.8, 4) is 11.5 Å². The number of aryl methyl sites for hydroxylation is 1. The van der Waals surface area contributed by atoms with E-state index in [1.165, 1.54) is 0 Å². The van der Waals surface area contributed by atoms with Crippen LogP contribution in [0.3, 0.4) is 0 Å². The van der Waals surface area contributed by atoms with Gasteiger partial charge in [0.25, 0.3) is 10.1 Å². The number of fused-ring (bicyclic) bond motifs is 2. The highest BCUT2D eigenvalue weighted by atomic mass is 32.2. The van der Waals surface area contributed by atoms with E-state index in [0.717, 1.165) is 40.7 Å². The number of phenolic OH excluding ortho intramolecular Hbond substituents is 1. The first kappa shape index (κ1) is 28.3. The number of benzene rings is 3. The van der Waals surface area contributed by atoms with Gasteiger partial charge in [0.15, 0.2) is 5.96 Å². The van der Waals surface area contributed by atoms with E-state index in [1.807, 2.05) is 54.6 Å². The van der Waals surface area contributed by atoms with Gasteiger partial charge in [0.05, 0.1) is 5.25 Å². The van der Waals surface area contributed by atoms with Crippen LogP contribution in [-0.2, 0) is 21.3 Å². The monoisotopic (exact) mass is 589 g/mol. The summed E-state index contributed by atoms with van der Waals surface area (Å²) in [6.07, 6.45) is 3.08. The Bertz CT molecular complexity index is 1580. The smallest absolute Gasteiger partial charge is 0.268 e. The second-order valence-corrected chi connectivity index (χ2v) is 13.0. The summed E-state index contributed by atoms with van der Waals surface area (Å²) in [5, 5.41) is 8.81. The molecule has 1 fully saturated rings. The van der Waals surface area contributed by atoms with Crippen LogP contribution in [0.1, 0.15) is 59.8 Å². The van der Waals surface area contributed by atoms with Crippen molar-refractivity contribution in [3.05, 3.63) is 107 Å². The largest absolute Gasteiger partial charge is 0.508 e. The van der Waals surface area contributed by atoms with Crippen molar-refractivity contribution in [1.82, 2.24) is 0 Å². The molecule has 9 nitrogen and oxygen atoms in total. The molecule has 3 aromatic carbocycles. The summed E-state index contributed by atoms with van der Waals surface area (Å²) in [6.45, 7) is 0.498. The number of hydrogen-bond acceptors (Lipinski definition) is 6. The maximum Gasteiger partial charge on any atom is 0.268 e. The number of allylic oxidation sites excluding steroid dienone is 1. The molecule has 1 saturated heterocycles. The minimum atomic E-state index is -4.42. The van der Waals surface area contributed by atoms with Crippen LogP contribution >= 0.6 is 0 Å². The quantitative estimate of drug-likeness (QED) is 0.147. The molecule has 0 saturated carbocycles. The third-order valence-electron chi connectivity index (χ3n) is 8.71. The Morgan fingerprint density at radius 2 is 1.55 bits per heavy atom. The Kier molecular flexibility index (Phi) is 7.69. The number of hydrogen-bond donors (Lipinski definition) is 4. The van der Waals surface area contributed by atoms with Crippen molar-refractivity contribution in [2.45, 2.75) is 49.2 Å². The highest BCUT2D eigenvalue weighted by Gasteiger charge is 2.45. The molecule has 3 aromatic rings. The van der Waals surface area contributed by atoms with Crippen molar-refractivity contribution >= 4 is 16.1 Å². The predicted molar refractivity (Wildman–Crippen MR) is 160 cm³/mol. The fourth-order valence-corrected chi connectivity index (χ4v) is 7.84. The molecule has 6 aliphatic rings. The second-order valence-electron chi connectivity index (χ2n) is 11.4. The van der Waals surface area contributed by atoms with Gasteiger partial charge >= 0.3 is 0 Å². The molecule has 1 aliphatic carbocycles. The van der Waals surface area contributed by atoms with Crippen LogP contribution in [0, 0.1) is 11.8 Å². The van der Waals surface area contributed by atoms with Crippen LogP contribution in [0.2, 0.25) is 0 Å². The van der Waals surface area contributed by atoms with Gasteiger partial charge in [-0.1, -0.05) is 54.6 Å². The van der Waals surface area contributed by atoms with Gasteiger partial charge in [0.1, 0.15) is 17.6 Å². The first-order valence-electron chi connectivity index (χ1n) is 14.2. The first-order valence-corrected chi connectivity index (χ1v) is 15.7. The Morgan fingerprint density at radius 3 is 2.21 bits per heavy atom. The van der Waals surface area contributed by atoms with Gasteiger partial charge in [0.2, 0.25) is 6.23 Å². The van der Waals surface area contributed by atoms with Gasteiger partial charge in [-0.05, 0) is 84.0 Å². The Hall–Kier alpha value is -3.86. The van der Waals surface area contributed by atoms with Gasteiger partial charge in [0, 0.05) is 18.1 Å². The number of aromatic hydroxyl groups is 1. The molecule has 5 heterocycles. The lowest BCUT2D eigenvalue weighted by Gasteiger charge is -2.40. The zero-order chi connectivity index (χ0) is 29.4. The zero-order valence-corrected chi connectivity index (χ0v) is 23.9. The molecule has 220 valence electrons. The highest BCUT2D eigenvalue weighted by Crippen LogP contribution is 2.51. The van der Waals surface area contributed by atoms with Gasteiger partial charge in [-0.3, -0.25) is 4.55 Å². The fourth-order valence-electron chi connectivity index (χ4n) is 6.78. The molecule has 0 amide bonds. The van der Waals surface area contributed by atoms with E-state index in [9.17, 15) is 18.1 Å². The molecule has 6 bridgehead atoms. The lowest BCUT2D eigenvalue weighted by Crippen LogP contribution is -2.38. The predicted octanol–water partition coefficient (Wildman–Crippen LogP) is 4.75. The van der Waals surface area contributed by atoms with Crippen molar-refractivity contribution in [1.29, 1.82) is 0 Å². The van der Waals surface area contributed by atoms with Gasteiger partial charge in [-0.15, -0.1) is 0 Å². The minimum Gasteiger partial charge on any atom is -0.508 e. The molecular formula is C32H35N3O6S. The number of nitrogens with zero attached hydrogens (tertiary/aromatic N) is 1. The number of rotatable bonds is 3. The van der Waals surface area contributed by atoms with E-state index in [4.69, 9.17) is 20.9 Å². The molecule has 0 aromatic heterocycles. The van der Waals surface area contributed by atoms with Crippen LogP contribution in [0.4, 0.5) is 0 Å². The summed E-state index contributed by atoms with van der Waals surface area (Å²) in [5.74, 6) is 0.0667. The number of guanidine groups is 1. The van der Waals surface area contributed by atoms with E-state index >= 15 is 0 Å². The SMILES string of the molecule is NC(N)=N[C@@H]1Oc2ccc(cc2)CC[C@@H](S(=O)(=O)O)[C@@H]2C=C3C[C@@H](CCO[C@H]3c3ccc(O)cc3)[C@H]2c2ccc1cc2. The summed E-state index contributed by atoms with van der Waals surface area (Å²) in [4.78, 5) is 4.30. The lowest BCUT2D eigenvalue weighted by atomic mass is 9.66. The molecule has 6 N–H and O–H groups in total. The molecule has 5 aliphatic heterocycles. The summed E-state index contributed by atoms with van der Waals surface area (Å²) in [5.41, 5.74) is 16.0. The van der Waals surface area contributed by atoms with Gasteiger partial charge in [-0.25, -0.2) is 4.99 Å². The Balaban J connectivity index is 1.49. The van der Waals surface area contributed by atoms with Gasteiger partial charge in [-0.2, -0.15) is 8.42 Å². The van der Waals surface area contributed by atoms with E-state index in [1.54, 1.807) is 24.3 Å². The Morgan fingerprint density at radius 1 is 0.881 bits per heavy atom. The third-order valence-corrected chi connectivity index (χ3v) is 10.0. The van der Waals surface area contributed by atoms with Gasteiger partial charge < -0.3 is 26.0 Å². The molecule has 0 radical (unpaired) electrons. The maximum absolute atomic E-state index is 13.1. The van der Waals surface area contributed by atoms with Crippen LogP contribution in [-0.4, -0.2) is 35.9 Å². The fraction of sp³-hybridized carbons (Fsp3) is 0.344. The minimum absolute atomic E-state index is 0.0894. The number of ether oxygens (including phenoxy) is 2. The second kappa shape index (κ2) is 11.4. The molecular weight excluding hydrogens is 554 g/mol. The third kappa shape index (κ3) is 5.88. The first-order chi connectivity index (χ1) is 20.2. The average Bonchev–Trinajstić information content (AvgIpc) is 3.12. The molecule has 9 rings (SSSR count). The Labute approximate surface area is 245 Å². The van der Waals surface area contributed by atoms with Crippen molar-refractivity contribution in [2.75, 3.05) is 6.61 Å². The lowest BCUT2D eigenvalue weighted by molar-refractivity contribution is 0.0813. The van der Waals surface area contributed by atoms with E-state index in [0.29, 0.717) is 18.8 Å². The summed E-state index contributed by atoms with van der Waals surface area (Å²) in [6, 6.07) is 22.1. The number of phenols is 1. The molecule has 0 unspecified atom stereocenters. The summed E-state index contributed by atoms with van der Waals surface area (Å²) >= 11 is 0. The number of aliphatic imine (C=N–C) groups is 1. The molecule has 42 heavy (non-hydrogen) atoms. The van der Waals surface area contributed by atoms with Crippen molar-refractivity contribution in [2.24, 2.45) is 28.3 Å². The average molecular weight is 590 g/mol.